The number of hydrogen-bond donors (Lipinski definition) is 3. The SMILES string of the molecule is CC1(C)CCCC(NS(=O)(=O)c2ccc(O)c(N)c2)C1. The van der Waals surface area contributed by atoms with E-state index >= 15 is 0 Å². The van der Waals surface area contributed by atoms with Gasteiger partial charge in [0.1, 0.15) is 5.75 Å². The van der Waals surface area contributed by atoms with Crippen LogP contribution in [0.4, 0.5) is 5.69 Å². The summed E-state index contributed by atoms with van der Waals surface area (Å²) >= 11 is 0. The van der Waals surface area contributed by atoms with Gasteiger partial charge in [0.05, 0.1) is 10.6 Å². The molecule has 0 spiro atoms. The third kappa shape index (κ3) is 3.43. The molecule has 20 heavy (non-hydrogen) atoms. The average Bonchev–Trinajstić information content (AvgIpc) is 2.30. The zero-order valence-electron chi connectivity index (χ0n) is 11.9. The fourth-order valence-corrected chi connectivity index (χ4v) is 4.09. The van der Waals surface area contributed by atoms with Crippen LogP contribution < -0.4 is 10.5 Å². The summed E-state index contributed by atoms with van der Waals surface area (Å²) in [5, 5.41) is 9.36. The number of benzene rings is 1. The van der Waals surface area contributed by atoms with Gasteiger partial charge in [0.15, 0.2) is 0 Å². The van der Waals surface area contributed by atoms with E-state index in [0.29, 0.717) is 0 Å². The Kier molecular flexibility index (Phi) is 3.97. The standard InChI is InChI=1S/C14H22N2O3S/c1-14(2)7-3-4-10(9-14)16-20(18,19)11-5-6-13(17)12(15)8-11/h5-6,8,10,16-17H,3-4,7,9,15H2,1-2H3. The summed E-state index contributed by atoms with van der Waals surface area (Å²) in [6.45, 7) is 4.32. The van der Waals surface area contributed by atoms with Gasteiger partial charge in [-0.1, -0.05) is 20.3 Å². The van der Waals surface area contributed by atoms with Crippen LogP contribution >= 0.6 is 0 Å². The molecule has 5 nitrogen and oxygen atoms in total. The number of hydrogen-bond acceptors (Lipinski definition) is 4. The highest BCUT2D eigenvalue weighted by Gasteiger charge is 2.30. The number of phenolic OH excluding ortho intramolecular Hbond substituents is 1. The topological polar surface area (TPSA) is 92.4 Å². The molecule has 6 heteroatoms. The average molecular weight is 298 g/mol. The molecule has 0 aliphatic heterocycles. The molecule has 1 atom stereocenters. The van der Waals surface area contributed by atoms with E-state index in [1.807, 2.05) is 0 Å². The zero-order valence-corrected chi connectivity index (χ0v) is 12.7. The maximum Gasteiger partial charge on any atom is 0.240 e. The highest BCUT2D eigenvalue weighted by molar-refractivity contribution is 7.89. The van der Waals surface area contributed by atoms with E-state index in [2.05, 4.69) is 18.6 Å². The molecule has 4 N–H and O–H groups in total. The first-order chi connectivity index (χ1) is 9.20. The number of sulfonamides is 1. The van der Waals surface area contributed by atoms with Crippen molar-refractivity contribution in [2.24, 2.45) is 5.41 Å². The molecule has 0 amide bonds. The van der Waals surface area contributed by atoms with Crippen LogP contribution in [0.1, 0.15) is 39.5 Å². The van der Waals surface area contributed by atoms with Gasteiger partial charge in [-0.05, 0) is 42.9 Å². The molecule has 0 radical (unpaired) electrons. The summed E-state index contributed by atoms with van der Waals surface area (Å²) in [5.41, 5.74) is 5.78. The number of nitrogen functional groups attached to an aromatic ring is 1. The lowest BCUT2D eigenvalue weighted by molar-refractivity contribution is 0.212. The molecule has 1 unspecified atom stereocenters. The molecule has 1 aliphatic rings. The number of nitrogens with two attached hydrogens (primary N) is 1. The lowest BCUT2D eigenvalue weighted by Crippen LogP contribution is -2.40. The number of nitrogens with one attached hydrogen (secondary N) is 1. The molecule has 1 aliphatic carbocycles. The summed E-state index contributed by atoms with van der Waals surface area (Å²) in [5.74, 6) is -0.109. The quantitative estimate of drug-likeness (QED) is 0.589. The van der Waals surface area contributed by atoms with Crippen LogP contribution in [-0.2, 0) is 10.0 Å². The molecule has 0 heterocycles. The monoisotopic (exact) mass is 298 g/mol. The van der Waals surface area contributed by atoms with Gasteiger partial charge in [0.25, 0.3) is 0 Å². The Bertz CT molecular complexity index is 596. The summed E-state index contributed by atoms with van der Waals surface area (Å²) in [6, 6.07) is 3.90. The number of phenols is 1. The predicted molar refractivity (Wildman–Crippen MR) is 78.9 cm³/mol. The largest absolute Gasteiger partial charge is 0.506 e. The van der Waals surface area contributed by atoms with Crippen molar-refractivity contribution in [2.75, 3.05) is 5.73 Å². The van der Waals surface area contributed by atoms with Gasteiger partial charge < -0.3 is 10.8 Å². The Morgan fingerprint density at radius 3 is 2.70 bits per heavy atom. The van der Waals surface area contributed by atoms with Crippen molar-refractivity contribution in [1.82, 2.24) is 4.72 Å². The second-order valence-electron chi connectivity index (χ2n) is 6.30. The molecule has 1 aromatic rings. The van der Waals surface area contributed by atoms with E-state index in [1.165, 1.54) is 18.2 Å². The molecule has 0 bridgehead atoms. The summed E-state index contributed by atoms with van der Waals surface area (Å²) in [6.07, 6.45) is 3.84. The molecule has 0 saturated heterocycles. The van der Waals surface area contributed by atoms with Crippen molar-refractivity contribution in [1.29, 1.82) is 0 Å². The highest BCUT2D eigenvalue weighted by atomic mass is 32.2. The number of rotatable bonds is 3. The first-order valence-corrected chi connectivity index (χ1v) is 8.29. The third-order valence-electron chi connectivity index (χ3n) is 3.84. The van der Waals surface area contributed by atoms with Crippen molar-refractivity contribution in [2.45, 2.75) is 50.5 Å². The molecule has 1 saturated carbocycles. The lowest BCUT2D eigenvalue weighted by Gasteiger charge is -2.35. The third-order valence-corrected chi connectivity index (χ3v) is 5.35. The normalized spacial score (nSPS) is 22.6. The Labute approximate surface area is 120 Å². The van der Waals surface area contributed by atoms with Gasteiger partial charge in [0.2, 0.25) is 10.0 Å². The van der Waals surface area contributed by atoms with Crippen molar-refractivity contribution < 1.29 is 13.5 Å². The molecular weight excluding hydrogens is 276 g/mol. The van der Waals surface area contributed by atoms with E-state index in [-0.39, 0.29) is 27.8 Å². The van der Waals surface area contributed by atoms with Gasteiger partial charge in [0, 0.05) is 6.04 Å². The van der Waals surface area contributed by atoms with Gasteiger partial charge in [-0.15, -0.1) is 0 Å². The van der Waals surface area contributed by atoms with Crippen LogP contribution in [0.2, 0.25) is 0 Å². The summed E-state index contributed by atoms with van der Waals surface area (Å²) in [4.78, 5) is 0.0937. The van der Waals surface area contributed by atoms with E-state index in [4.69, 9.17) is 5.73 Å². The predicted octanol–water partition coefficient (Wildman–Crippen LogP) is 2.22. The van der Waals surface area contributed by atoms with Crippen LogP contribution in [-0.4, -0.2) is 19.6 Å². The minimum Gasteiger partial charge on any atom is -0.506 e. The Hall–Kier alpha value is -1.27. The van der Waals surface area contributed by atoms with Gasteiger partial charge in [-0.2, -0.15) is 0 Å². The number of aromatic hydroxyl groups is 1. The molecule has 112 valence electrons. The van der Waals surface area contributed by atoms with Crippen LogP contribution in [0.25, 0.3) is 0 Å². The first-order valence-electron chi connectivity index (χ1n) is 6.80. The first kappa shape index (κ1) is 15.1. The fourth-order valence-electron chi connectivity index (χ4n) is 2.79. The van der Waals surface area contributed by atoms with Crippen LogP contribution in [0.15, 0.2) is 23.1 Å². The van der Waals surface area contributed by atoms with Crippen molar-refractivity contribution in [3.63, 3.8) is 0 Å². The summed E-state index contributed by atoms with van der Waals surface area (Å²) in [7, 11) is -3.59. The van der Waals surface area contributed by atoms with Gasteiger partial charge >= 0.3 is 0 Å². The van der Waals surface area contributed by atoms with Crippen molar-refractivity contribution in [3.8, 4) is 5.75 Å². The van der Waals surface area contributed by atoms with E-state index in [9.17, 15) is 13.5 Å². The van der Waals surface area contributed by atoms with E-state index in [0.717, 1.165) is 25.7 Å². The van der Waals surface area contributed by atoms with E-state index < -0.39 is 10.0 Å². The smallest absolute Gasteiger partial charge is 0.240 e. The van der Waals surface area contributed by atoms with Crippen LogP contribution in [0.3, 0.4) is 0 Å². The van der Waals surface area contributed by atoms with Crippen LogP contribution in [0, 0.1) is 5.41 Å². The maximum atomic E-state index is 12.3. The molecular formula is C14H22N2O3S. The minimum atomic E-state index is -3.59. The Balaban J connectivity index is 2.16. The molecule has 1 fully saturated rings. The maximum absolute atomic E-state index is 12.3. The van der Waals surface area contributed by atoms with Gasteiger partial charge in [-0.3, -0.25) is 0 Å². The molecule has 0 aromatic heterocycles. The second-order valence-corrected chi connectivity index (χ2v) is 8.01. The second kappa shape index (κ2) is 5.26. The zero-order chi connectivity index (χ0) is 15.0. The highest BCUT2D eigenvalue weighted by Crippen LogP contribution is 2.35. The Morgan fingerprint density at radius 1 is 1.40 bits per heavy atom. The van der Waals surface area contributed by atoms with Crippen molar-refractivity contribution >= 4 is 15.7 Å². The van der Waals surface area contributed by atoms with E-state index in [1.54, 1.807) is 0 Å². The minimum absolute atomic E-state index is 0.0428. The van der Waals surface area contributed by atoms with Crippen LogP contribution in [0.5, 0.6) is 5.75 Å². The number of anilines is 1. The summed E-state index contributed by atoms with van der Waals surface area (Å²) < 4.78 is 27.4. The van der Waals surface area contributed by atoms with Gasteiger partial charge in [-0.25, -0.2) is 13.1 Å². The molecule has 1 aromatic carbocycles. The van der Waals surface area contributed by atoms with Crippen molar-refractivity contribution in [3.05, 3.63) is 18.2 Å². The molecule has 2 rings (SSSR count). The Morgan fingerprint density at radius 2 is 2.10 bits per heavy atom. The lowest BCUT2D eigenvalue weighted by atomic mass is 9.75. The fraction of sp³-hybridized carbons (Fsp3) is 0.571.